The minimum atomic E-state index is -0.324. The zero-order valence-corrected chi connectivity index (χ0v) is 12.9. The van der Waals surface area contributed by atoms with Crippen LogP contribution >= 0.6 is 23.2 Å². The van der Waals surface area contributed by atoms with Crippen LogP contribution in [0.2, 0.25) is 10.0 Å². The Hall–Kier alpha value is -1.26. The third kappa shape index (κ3) is 6.26. The molecule has 0 aliphatic carbocycles. The maximum atomic E-state index is 11.7. The molecule has 1 amide bonds. The van der Waals surface area contributed by atoms with Crippen LogP contribution in [0, 0.1) is 0 Å². The van der Waals surface area contributed by atoms with Crippen LogP contribution in [-0.2, 0) is 20.7 Å². The normalized spacial score (nSPS) is 10.4. The highest BCUT2D eigenvalue weighted by atomic mass is 35.5. The van der Waals surface area contributed by atoms with Crippen molar-refractivity contribution < 1.29 is 14.3 Å². The fraction of sp³-hybridized carbons (Fsp3) is 0.429. The van der Waals surface area contributed by atoms with Crippen molar-refractivity contribution in [2.75, 3.05) is 6.54 Å². The van der Waals surface area contributed by atoms with Gasteiger partial charge in [-0.1, -0.05) is 29.3 Å². The molecule has 0 saturated carbocycles. The van der Waals surface area contributed by atoms with Crippen molar-refractivity contribution in [3.8, 4) is 0 Å². The summed E-state index contributed by atoms with van der Waals surface area (Å²) in [5.74, 6) is -0.504. The lowest BCUT2D eigenvalue weighted by molar-refractivity contribution is -0.147. The van der Waals surface area contributed by atoms with E-state index >= 15 is 0 Å². The Morgan fingerprint density at radius 1 is 1.25 bits per heavy atom. The van der Waals surface area contributed by atoms with Crippen LogP contribution < -0.4 is 5.32 Å². The van der Waals surface area contributed by atoms with Gasteiger partial charge in [-0.05, 0) is 31.5 Å². The average molecular weight is 318 g/mol. The number of rotatable bonds is 6. The summed E-state index contributed by atoms with van der Waals surface area (Å²) in [6, 6.07) is 5.03. The Morgan fingerprint density at radius 3 is 2.55 bits per heavy atom. The molecule has 0 fully saturated rings. The monoisotopic (exact) mass is 317 g/mol. The summed E-state index contributed by atoms with van der Waals surface area (Å²) >= 11 is 11.7. The van der Waals surface area contributed by atoms with Crippen LogP contribution in [0.1, 0.15) is 25.8 Å². The summed E-state index contributed by atoms with van der Waals surface area (Å²) in [4.78, 5) is 22.9. The lowest BCUT2D eigenvalue weighted by atomic mass is 10.1. The number of carbonyl (C=O) groups excluding carboxylic acids is 2. The van der Waals surface area contributed by atoms with E-state index in [1.807, 2.05) is 0 Å². The number of halogens is 2. The minimum Gasteiger partial charge on any atom is -0.463 e. The molecule has 20 heavy (non-hydrogen) atoms. The highest BCUT2D eigenvalue weighted by molar-refractivity contribution is 6.42. The van der Waals surface area contributed by atoms with Gasteiger partial charge in [0.2, 0.25) is 5.91 Å². The van der Waals surface area contributed by atoms with Gasteiger partial charge in [0, 0.05) is 6.54 Å². The van der Waals surface area contributed by atoms with Gasteiger partial charge in [-0.25, -0.2) is 0 Å². The summed E-state index contributed by atoms with van der Waals surface area (Å²) in [6.07, 6.45) is 0.205. The van der Waals surface area contributed by atoms with Crippen molar-refractivity contribution in [3.05, 3.63) is 33.8 Å². The van der Waals surface area contributed by atoms with Crippen LogP contribution in [0.25, 0.3) is 0 Å². The molecule has 1 aromatic rings. The Bertz CT molecular complexity index is 489. The van der Waals surface area contributed by atoms with Crippen LogP contribution in [0.15, 0.2) is 18.2 Å². The molecule has 0 aliphatic heterocycles. The molecule has 1 N–H and O–H groups in total. The SMILES string of the molecule is CC(C)OC(=O)CCNC(=O)Cc1ccc(Cl)c(Cl)c1. The number of hydrogen-bond acceptors (Lipinski definition) is 3. The third-order valence-electron chi connectivity index (χ3n) is 2.37. The first-order chi connectivity index (χ1) is 9.38. The van der Waals surface area contributed by atoms with Gasteiger partial charge in [-0.2, -0.15) is 0 Å². The molecule has 0 saturated heterocycles. The summed E-state index contributed by atoms with van der Waals surface area (Å²) in [5, 5.41) is 3.52. The van der Waals surface area contributed by atoms with Gasteiger partial charge in [-0.3, -0.25) is 9.59 Å². The lowest BCUT2D eigenvalue weighted by Crippen LogP contribution is -2.28. The van der Waals surface area contributed by atoms with E-state index in [2.05, 4.69) is 5.32 Å². The minimum absolute atomic E-state index is 0.144. The molecule has 0 atom stereocenters. The highest BCUT2D eigenvalue weighted by Crippen LogP contribution is 2.22. The summed E-state index contributed by atoms with van der Waals surface area (Å²) in [7, 11) is 0. The van der Waals surface area contributed by atoms with E-state index in [4.69, 9.17) is 27.9 Å². The molecule has 0 unspecified atom stereocenters. The van der Waals surface area contributed by atoms with Crippen molar-refractivity contribution in [1.29, 1.82) is 0 Å². The zero-order valence-electron chi connectivity index (χ0n) is 11.4. The van der Waals surface area contributed by atoms with E-state index in [9.17, 15) is 9.59 Å². The summed E-state index contributed by atoms with van der Waals surface area (Å²) in [5.41, 5.74) is 0.765. The Balaban J connectivity index is 2.33. The molecular formula is C14H17Cl2NO3. The van der Waals surface area contributed by atoms with E-state index in [1.165, 1.54) is 0 Å². The quantitative estimate of drug-likeness (QED) is 0.820. The van der Waals surface area contributed by atoms with Crippen LogP contribution in [-0.4, -0.2) is 24.5 Å². The molecule has 1 aromatic carbocycles. The third-order valence-corrected chi connectivity index (χ3v) is 3.11. The maximum absolute atomic E-state index is 11.7. The van der Waals surface area contributed by atoms with Crippen molar-refractivity contribution in [1.82, 2.24) is 5.32 Å². The number of nitrogens with one attached hydrogen (secondary N) is 1. The Kier molecular flexibility index (Phi) is 6.82. The van der Waals surface area contributed by atoms with Crippen molar-refractivity contribution >= 4 is 35.1 Å². The van der Waals surface area contributed by atoms with Gasteiger partial charge in [0.05, 0.1) is 29.0 Å². The molecule has 0 aromatic heterocycles. The number of benzene rings is 1. The predicted molar refractivity (Wildman–Crippen MR) is 79.0 cm³/mol. The van der Waals surface area contributed by atoms with E-state index in [0.717, 1.165) is 5.56 Å². The van der Waals surface area contributed by atoms with E-state index < -0.39 is 0 Å². The van der Waals surface area contributed by atoms with E-state index in [-0.39, 0.29) is 37.4 Å². The van der Waals surface area contributed by atoms with Crippen LogP contribution in [0.4, 0.5) is 0 Å². The fourth-order valence-corrected chi connectivity index (χ4v) is 1.84. The maximum Gasteiger partial charge on any atom is 0.307 e. The molecule has 1 rings (SSSR count). The average Bonchev–Trinajstić information content (AvgIpc) is 2.33. The van der Waals surface area contributed by atoms with Crippen LogP contribution in [0.3, 0.4) is 0 Å². The molecule has 6 heteroatoms. The van der Waals surface area contributed by atoms with Gasteiger partial charge >= 0.3 is 5.97 Å². The standard InChI is InChI=1S/C14H17Cl2NO3/c1-9(2)20-14(19)5-6-17-13(18)8-10-3-4-11(15)12(16)7-10/h3-4,7,9H,5-6,8H2,1-2H3,(H,17,18). The number of ether oxygens (including phenoxy) is 1. The van der Waals surface area contributed by atoms with Gasteiger partial charge in [0.15, 0.2) is 0 Å². The second kappa shape index (κ2) is 8.12. The fourth-order valence-electron chi connectivity index (χ4n) is 1.52. The first-order valence-electron chi connectivity index (χ1n) is 6.28. The molecule has 0 spiro atoms. The topological polar surface area (TPSA) is 55.4 Å². The van der Waals surface area contributed by atoms with Gasteiger partial charge in [-0.15, -0.1) is 0 Å². The second-order valence-corrected chi connectivity index (χ2v) is 5.38. The van der Waals surface area contributed by atoms with Crippen molar-refractivity contribution in [2.24, 2.45) is 0 Å². The molecule has 0 bridgehead atoms. The van der Waals surface area contributed by atoms with Gasteiger partial charge < -0.3 is 10.1 Å². The molecule has 0 heterocycles. The van der Waals surface area contributed by atoms with Crippen molar-refractivity contribution in [2.45, 2.75) is 32.8 Å². The highest BCUT2D eigenvalue weighted by Gasteiger charge is 2.08. The second-order valence-electron chi connectivity index (χ2n) is 4.56. The van der Waals surface area contributed by atoms with E-state index in [0.29, 0.717) is 10.0 Å². The molecule has 110 valence electrons. The smallest absolute Gasteiger partial charge is 0.307 e. The Morgan fingerprint density at radius 2 is 1.95 bits per heavy atom. The number of esters is 1. The first-order valence-corrected chi connectivity index (χ1v) is 7.04. The summed E-state index contributed by atoms with van der Waals surface area (Å²) in [6.45, 7) is 3.81. The zero-order chi connectivity index (χ0) is 15.1. The van der Waals surface area contributed by atoms with Crippen molar-refractivity contribution in [3.63, 3.8) is 0 Å². The number of hydrogen-bond donors (Lipinski definition) is 1. The Labute approximate surface area is 128 Å². The largest absolute Gasteiger partial charge is 0.463 e. The van der Waals surface area contributed by atoms with Gasteiger partial charge in [0.25, 0.3) is 0 Å². The molecule has 0 aliphatic rings. The molecule has 4 nitrogen and oxygen atoms in total. The lowest BCUT2D eigenvalue weighted by Gasteiger charge is -2.08. The van der Waals surface area contributed by atoms with Crippen LogP contribution in [0.5, 0.6) is 0 Å². The number of carbonyl (C=O) groups is 2. The van der Waals surface area contributed by atoms with Gasteiger partial charge in [0.1, 0.15) is 0 Å². The summed E-state index contributed by atoms with van der Waals surface area (Å²) < 4.78 is 4.96. The molecular weight excluding hydrogens is 301 g/mol. The predicted octanol–water partition coefficient (Wildman–Crippen LogP) is 2.99. The van der Waals surface area contributed by atoms with E-state index in [1.54, 1.807) is 32.0 Å². The number of amides is 1. The molecule has 0 radical (unpaired) electrons. The first kappa shape index (κ1) is 16.8.